The van der Waals surface area contributed by atoms with Crippen molar-refractivity contribution in [3.8, 4) is 11.3 Å². The van der Waals surface area contributed by atoms with Crippen LogP contribution in [-0.2, 0) is 0 Å². The number of aromatic nitrogens is 2. The highest BCUT2D eigenvalue weighted by Gasteiger charge is 2.38. The normalized spacial score (nSPS) is 19.8. The molecule has 2 saturated heterocycles. The lowest BCUT2D eigenvalue weighted by molar-refractivity contribution is 0.0608. The van der Waals surface area contributed by atoms with E-state index in [1.165, 1.54) is 6.42 Å². The van der Waals surface area contributed by atoms with E-state index in [2.05, 4.69) is 15.5 Å². The van der Waals surface area contributed by atoms with Gasteiger partial charge in [0.05, 0.1) is 17.5 Å². The third-order valence-corrected chi connectivity index (χ3v) is 5.70. The number of likely N-dealkylation sites (tertiary alicyclic amines) is 1. The number of hydrogen-bond donors (Lipinski definition) is 2. The van der Waals surface area contributed by atoms with E-state index in [9.17, 15) is 4.79 Å². The second-order valence-electron chi connectivity index (χ2n) is 6.88. The number of aromatic amines is 1. The molecule has 1 aromatic heterocycles. The topological polar surface area (TPSA) is 61.0 Å². The van der Waals surface area contributed by atoms with Gasteiger partial charge in [-0.15, -0.1) is 0 Å². The summed E-state index contributed by atoms with van der Waals surface area (Å²) in [6.07, 6.45) is 5.03. The van der Waals surface area contributed by atoms with E-state index in [0.717, 1.165) is 50.3 Å². The molecule has 24 heavy (non-hydrogen) atoms. The van der Waals surface area contributed by atoms with Crippen molar-refractivity contribution < 1.29 is 4.79 Å². The summed E-state index contributed by atoms with van der Waals surface area (Å²) in [5.74, 6) is 0.0644. The number of nitrogens with zero attached hydrogens (tertiary/aromatic N) is 2. The van der Waals surface area contributed by atoms with Gasteiger partial charge in [-0.1, -0.05) is 23.7 Å². The summed E-state index contributed by atoms with van der Waals surface area (Å²) >= 11 is 5.95. The van der Waals surface area contributed by atoms with Gasteiger partial charge in [0, 0.05) is 30.2 Å². The van der Waals surface area contributed by atoms with E-state index in [0.29, 0.717) is 16.0 Å². The molecule has 4 rings (SSSR count). The Labute approximate surface area is 146 Å². The number of benzene rings is 1. The molecule has 0 aliphatic carbocycles. The van der Waals surface area contributed by atoms with Crippen molar-refractivity contribution in [2.75, 3.05) is 26.2 Å². The summed E-state index contributed by atoms with van der Waals surface area (Å²) in [5.41, 5.74) is 2.73. The molecule has 2 aliphatic rings. The Kier molecular flexibility index (Phi) is 4.06. The molecule has 0 saturated carbocycles. The molecule has 2 aromatic rings. The summed E-state index contributed by atoms with van der Waals surface area (Å²) in [4.78, 5) is 14.9. The molecule has 0 radical (unpaired) electrons. The maximum absolute atomic E-state index is 12.9. The van der Waals surface area contributed by atoms with Crippen LogP contribution in [0.4, 0.5) is 0 Å². The number of halogens is 1. The van der Waals surface area contributed by atoms with Gasteiger partial charge in [0.15, 0.2) is 0 Å². The third kappa shape index (κ3) is 2.82. The number of piperidine rings is 1. The largest absolute Gasteiger partial charge is 0.338 e. The van der Waals surface area contributed by atoms with Gasteiger partial charge in [-0.2, -0.15) is 5.10 Å². The molecular formula is C18H21ClN4O. The van der Waals surface area contributed by atoms with Gasteiger partial charge in [0.25, 0.3) is 5.91 Å². The standard InChI is InChI=1S/C18H21ClN4O/c19-14-3-1-13(2-4-14)16-15(11-21-22-16)17(24)23-9-6-18(7-10-23)5-8-20-12-18/h1-4,11,20H,5-10,12H2,(H,21,22). The number of H-pyrrole nitrogens is 1. The summed E-state index contributed by atoms with van der Waals surface area (Å²) in [6, 6.07) is 7.46. The summed E-state index contributed by atoms with van der Waals surface area (Å²) in [5, 5.41) is 11.2. The Morgan fingerprint density at radius 2 is 1.92 bits per heavy atom. The van der Waals surface area contributed by atoms with Crippen LogP contribution in [-0.4, -0.2) is 47.2 Å². The number of carbonyl (C=O) groups excluding carboxylic acids is 1. The minimum Gasteiger partial charge on any atom is -0.338 e. The Bertz CT molecular complexity index is 724. The predicted molar refractivity (Wildman–Crippen MR) is 94.1 cm³/mol. The highest BCUT2D eigenvalue weighted by molar-refractivity contribution is 6.30. The Hall–Kier alpha value is -1.85. The number of amides is 1. The van der Waals surface area contributed by atoms with Crippen LogP contribution in [0.5, 0.6) is 0 Å². The second-order valence-corrected chi connectivity index (χ2v) is 7.32. The SMILES string of the molecule is O=C(c1cn[nH]c1-c1ccc(Cl)cc1)N1CCC2(CCNC2)CC1. The molecule has 0 unspecified atom stereocenters. The quantitative estimate of drug-likeness (QED) is 0.880. The molecule has 6 heteroatoms. The fraction of sp³-hybridized carbons (Fsp3) is 0.444. The molecule has 5 nitrogen and oxygen atoms in total. The van der Waals surface area contributed by atoms with Crippen LogP contribution >= 0.6 is 11.6 Å². The maximum atomic E-state index is 12.9. The smallest absolute Gasteiger partial charge is 0.257 e. The van der Waals surface area contributed by atoms with Crippen LogP contribution in [0, 0.1) is 5.41 Å². The molecule has 126 valence electrons. The van der Waals surface area contributed by atoms with E-state index in [1.807, 2.05) is 29.2 Å². The van der Waals surface area contributed by atoms with E-state index < -0.39 is 0 Å². The maximum Gasteiger partial charge on any atom is 0.257 e. The van der Waals surface area contributed by atoms with Crippen LogP contribution < -0.4 is 5.32 Å². The molecule has 2 aliphatic heterocycles. The van der Waals surface area contributed by atoms with E-state index in [-0.39, 0.29) is 5.91 Å². The molecule has 1 spiro atoms. The van der Waals surface area contributed by atoms with Crippen LogP contribution in [0.2, 0.25) is 5.02 Å². The zero-order valence-corrected chi connectivity index (χ0v) is 14.3. The Morgan fingerprint density at radius 3 is 2.58 bits per heavy atom. The third-order valence-electron chi connectivity index (χ3n) is 5.45. The highest BCUT2D eigenvalue weighted by Crippen LogP contribution is 2.37. The molecule has 0 atom stereocenters. The Balaban J connectivity index is 1.51. The predicted octanol–water partition coefficient (Wildman–Crippen LogP) is 2.95. The van der Waals surface area contributed by atoms with Crippen LogP contribution in [0.1, 0.15) is 29.6 Å². The Morgan fingerprint density at radius 1 is 1.17 bits per heavy atom. The zero-order chi connectivity index (χ0) is 16.6. The van der Waals surface area contributed by atoms with Crippen molar-refractivity contribution in [3.63, 3.8) is 0 Å². The first-order chi connectivity index (χ1) is 11.7. The summed E-state index contributed by atoms with van der Waals surface area (Å²) in [7, 11) is 0. The number of hydrogen-bond acceptors (Lipinski definition) is 3. The first-order valence-corrected chi connectivity index (χ1v) is 8.84. The minimum absolute atomic E-state index is 0.0644. The van der Waals surface area contributed by atoms with Crippen LogP contribution in [0.15, 0.2) is 30.5 Å². The van der Waals surface area contributed by atoms with Gasteiger partial charge in [0.2, 0.25) is 0 Å². The molecule has 0 bridgehead atoms. The van der Waals surface area contributed by atoms with Gasteiger partial charge in [-0.25, -0.2) is 0 Å². The average molecular weight is 345 g/mol. The van der Waals surface area contributed by atoms with Gasteiger partial charge >= 0.3 is 0 Å². The number of rotatable bonds is 2. The number of carbonyl (C=O) groups is 1. The first kappa shape index (κ1) is 15.7. The molecular weight excluding hydrogens is 324 g/mol. The van der Waals surface area contributed by atoms with Crippen molar-refractivity contribution in [3.05, 3.63) is 41.0 Å². The number of nitrogens with one attached hydrogen (secondary N) is 2. The second kappa shape index (κ2) is 6.22. The molecule has 1 aromatic carbocycles. The van der Waals surface area contributed by atoms with E-state index >= 15 is 0 Å². The van der Waals surface area contributed by atoms with Crippen molar-refractivity contribution >= 4 is 17.5 Å². The summed E-state index contributed by atoms with van der Waals surface area (Å²) in [6.45, 7) is 3.85. The average Bonchev–Trinajstić information content (AvgIpc) is 3.26. The van der Waals surface area contributed by atoms with Gasteiger partial charge in [-0.3, -0.25) is 9.89 Å². The lowest BCUT2D eigenvalue weighted by Crippen LogP contribution is -2.44. The van der Waals surface area contributed by atoms with Crippen LogP contribution in [0.25, 0.3) is 11.3 Å². The fourth-order valence-electron chi connectivity index (χ4n) is 3.86. The lowest BCUT2D eigenvalue weighted by atomic mass is 9.78. The van der Waals surface area contributed by atoms with Gasteiger partial charge in [-0.05, 0) is 43.4 Å². The monoisotopic (exact) mass is 344 g/mol. The fourth-order valence-corrected chi connectivity index (χ4v) is 3.99. The van der Waals surface area contributed by atoms with Crippen molar-refractivity contribution in [1.82, 2.24) is 20.4 Å². The first-order valence-electron chi connectivity index (χ1n) is 8.46. The van der Waals surface area contributed by atoms with Crippen LogP contribution in [0.3, 0.4) is 0 Å². The lowest BCUT2D eigenvalue weighted by Gasteiger charge is -2.38. The highest BCUT2D eigenvalue weighted by atomic mass is 35.5. The van der Waals surface area contributed by atoms with Crippen molar-refractivity contribution in [1.29, 1.82) is 0 Å². The summed E-state index contributed by atoms with van der Waals surface area (Å²) < 4.78 is 0. The van der Waals surface area contributed by atoms with Crippen molar-refractivity contribution in [2.45, 2.75) is 19.3 Å². The zero-order valence-electron chi connectivity index (χ0n) is 13.5. The van der Waals surface area contributed by atoms with E-state index in [4.69, 9.17) is 11.6 Å². The van der Waals surface area contributed by atoms with E-state index in [1.54, 1.807) is 6.20 Å². The molecule has 1 amide bonds. The minimum atomic E-state index is 0.0644. The van der Waals surface area contributed by atoms with Gasteiger partial charge < -0.3 is 10.2 Å². The molecule has 2 N–H and O–H groups in total. The molecule has 2 fully saturated rings. The molecule has 3 heterocycles. The van der Waals surface area contributed by atoms with Crippen molar-refractivity contribution in [2.24, 2.45) is 5.41 Å². The van der Waals surface area contributed by atoms with Gasteiger partial charge in [0.1, 0.15) is 0 Å².